The van der Waals surface area contributed by atoms with Crippen molar-refractivity contribution in [1.82, 2.24) is 10.9 Å². The van der Waals surface area contributed by atoms with Crippen molar-refractivity contribution >= 4 is 11.8 Å². The number of benzene rings is 1. The van der Waals surface area contributed by atoms with E-state index in [1.54, 1.807) is 12.1 Å². The van der Waals surface area contributed by atoms with Gasteiger partial charge in [-0.05, 0) is 87.8 Å². The standard InChI is InChI=1S/C22H30N2O3/c1-14(2)27-13-15-3-5-19(6-4-15)20(25)23-24-21(26)22-10-16-7-17(11-22)9-18(8-16)12-22/h3-6,14,16-18H,7-13H2,1-2H3,(H,23,25)(H,24,26). The monoisotopic (exact) mass is 370 g/mol. The van der Waals surface area contributed by atoms with Crippen LogP contribution in [0, 0.1) is 23.2 Å². The van der Waals surface area contributed by atoms with Crippen LogP contribution < -0.4 is 10.9 Å². The summed E-state index contributed by atoms with van der Waals surface area (Å²) in [5.41, 5.74) is 6.67. The molecule has 4 fully saturated rings. The van der Waals surface area contributed by atoms with Gasteiger partial charge in [0.1, 0.15) is 0 Å². The third kappa shape index (κ3) is 3.88. The first kappa shape index (κ1) is 18.5. The van der Waals surface area contributed by atoms with Crippen molar-refractivity contribution in [1.29, 1.82) is 0 Å². The molecule has 0 aliphatic heterocycles. The average molecular weight is 370 g/mol. The van der Waals surface area contributed by atoms with Crippen LogP contribution in [0.25, 0.3) is 0 Å². The smallest absolute Gasteiger partial charge is 0.269 e. The van der Waals surface area contributed by atoms with Gasteiger partial charge in [0.25, 0.3) is 5.91 Å². The van der Waals surface area contributed by atoms with E-state index in [0.29, 0.717) is 29.9 Å². The number of hydrazine groups is 1. The Bertz CT molecular complexity index is 675. The Morgan fingerprint density at radius 1 is 1.00 bits per heavy atom. The number of hydrogen-bond acceptors (Lipinski definition) is 3. The summed E-state index contributed by atoms with van der Waals surface area (Å²) in [4.78, 5) is 25.3. The van der Waals surface area contributed by atoms with E-state index < -0.39 is 0 Å². The summed E-state index contributed by atoms with van der Waals surface area (Å²) >= 11 is 0. The van der Waals surface area contributed by atoms with Crippen LogP contribution in [-0.2, 0) is 16.1 Å². The van der Waals surface area contributed by atoms with Crippen LogP contribution in [0.2, 0.25) is 0 Å². The summed E-state index contributed by atoms with van der Waals surface area (Å²) in [5, 5.41) is 0. The predicted octanol–water partition coefficient (Wildman–Crippen LogP) is 3.59. The van der Waals surface area contributed by atoms with Gasteiger partial charge in [0, 0.05) is 5.56 Å². The molecule has 0 atom stereocenters. The lowest BCUT2D eigenvalue weighted by atomic mass is 9.49. The first-order chi connectivity index (χ1) is 12.9. The van der Waals surface area contributed by atoms with E-state index in [0.717, 1.165) is 24.8 Å². The lowest BCUT2D eigenvalue weighted by Gasteiger charge is -2.55. The van der Waals surface area contributed by atoms with Crippen LogP contribution in [0.15, 0.2) is 24.3 Å². The summed E-state index contributed by atoms with van der Waals surface area (Å²) < 4.78 is 5.57. The Morgan fingerprint density at radius 2 is 1.56 bits per heavy atom. The Balaban J connectivity index is 1.32. The highest BCUT2D eigenvalue weighted by molar-refractivity contribution is 5.96. The summed E-state index contributed by atoms with van der Waals surface area (Å²) in [6, 6.07) is 7.31. The van der Waals surface area contributed by atoms with Gasteiger partial charge in [-0.15, -0.1) is 0 Å². The highest BCUT2D eigenvalue weighted by atomic mass is 16.5. The Hall–Kier alpha value is -1.88. The Labute approximate surface area is 161 Å². The molecule has 4 bridgehead atoms. The van der Waals surface area contributed by atoms with Crippen molar-refractivity contribution in [3.05, 3.63) is 35.4 Å². The van der Waals surface area contributed by atoms with E-state index in [4.69, 9.17) is 4.74 Å². The van der Waals surface area contributed by atoms with Crippen LogP contribution in [0.5, 0.6) is 0 Å². The van der Waals surface area contributed by atoms with Gasteiger partial charge < -0.3 is 4.74 Å². The van der Waals surface area contributed by atoms with Gasteiger partial charge in [-0.1, -0.05) is 12.1 Å². The molecule has 0 saturated heterocycles. The second kappa shape index (κ2) is 7.27. The lowest BCUT2D eigenvalue weighted by molar-refractivity contribution is -0.147. The van der Waals surface area contributed by atoms with E-state index in [1.165, 1.54) is 19.3 Å². The van der Waals surface area contributed by atoms with Crippen molar-refractivity contribution in [2.75, 3.05) is 0 Å². The van der Waals surface area contributed by atoms with Crippen LogP contribution in [0.1, 0.15) is 68.3 Å². The van der Waals surface area contributed by atoms with Crippen molar-refractivity contribution in [3.8, 4) is 0 Å². The zero-order valence-corrected chi connectivity index (χ0v) is 16.3. The van der Waals surface area contributed by atoms with E-state index >= 15 is 0 Å². The Morgan fingerprint density at radius 3 is 2.07 bits per heavy atom. The second-order valence-electron chi connectivity index (χ2n) is 9.16. The number of hydrogen-bond donors (Lipinski definition) is 2. The van der Waals surface area contributed by atoms with Crippen molar-refractivity contribution in [2.45, 2.75) is 65.1 Å². The highest BCUT2D eigenvalue weighted by Gasteiger charge is 2.54. The molecular formula is C22H30N2O3. The summed E-state index contributed by atoms with van der Waals surface area (Å²) in [7, 11) is 0. The molecule has 5 nitrogen and oxygen atoms in total. The number of amides is 2. The molecule has 0 heterocycles. The van der Waals surface area contributed by atoms with Crippen molar-refractivity contribution in [3.63, 3.8) is 0 Å². The maximum absolute atomic E-state index is 12.9. The zero-order chi connectivity index (χ0) is 19.0. The molecule has 0 radical (unpaired) electrons. The molecule has 1 aromatic rings. The predicted molar refractivity (Wildman–Crippen MR) is 103 cm³/mol. The van der Waals surface area contributed by atoms with Crippen LogP contribution in [-0.4, -0.2) is 17.9 Å². The molecule has 5 heteroatoms. The molecule has 4 aliphatic carbocycles. The first-order valence-electron chi connectivity index (χ1n) is 10.2. The average Bonchev–Trinajstić information content (AvgIpc) is 2.63. The van der Waals surface area contributed by atoms with E-state index in [9.17, 15) is 9.59 Å². The van der Waals surface area contributed by atoms with Gasteiger partial charge in [-0.3, -0.25) is 20.4 Å². The van der Waals surface area contributed by atoms with Gasteiger partial charge in [-0.2, -0.15) is 0 Å². The molecule has 0 spiro atoms. The quantitative estimate of drug-likeness (QED) is 0.779. The number of carbonyl (C=O) groups excluding carboxylic acids is 2. The van der Waals surface area contributed by atoms with Gasteiger partial charge in [0.15, 0.2) is 0 Å². The minimum atomic E-state index is -0.274. The number of ether oxygens (including phenoxy) is 1. The highest BCUT2D eigenvalue weighted by Crippen LogP contribution is 2.60. The Kier molecular flexibility index (Phi) is 4.97. The third-order valence-corrected chi connectivity index (χ3v) is 6.61. The fraction of sp³-hybridized carbons (Fsp3) is 0.636. The molecular weight excluding hydrogens is 340 g/mol. The molecule has 5 rings (SSSR count). The molecule has 0 unspecified atom stereocenters. The summed E-state index contributed by atoms with van der Waals surface area (Å²) in [5.74, 6) is 1.86. The number of carbonyl (C=O) groups is 2. The normalized spacial score (nSPS) is 31.1. The van der Waals surface area contributed by atoms with Gasteiger partial charge in [-0.25, -0.2) is 0 Å². The molecule has 27 heavy (non-hydrogen) atoms. The topological polar surface area (TPSA) is 67.4 Å². The van der Waals surface area contributed by atoms with Crippen LogP contribution in [0.3, 0.4) is 0 Å². The van der Waals surface area contributed by atoms with E-state index in [1.807, 2.05) is 26.0 Å². The third-order valence-electron chi connectivity index (χ3n) is 6.61. The molecule has 4 aliphatic rings. The van der Waals surface area contributed by atoms with Gasteiger partial charge >= 0.3 is 0 Å². The largest absolute Gasteiger partial charge is 0.374 e. The van der Waals surface area contributed by atoms with Gasteiger partial charge in [0.2, 0.25) is 5.91 Å². The first-order valence-corrected chi connectivity index (χ1v) is 10.2. The summed E-state index contributed by atoms with van der Waals surface area (Å²) in [6.07, 6.45) is 7.04. The number of nitrogens with one attached hydrogen (secondary N) is 2. The molecule has 2 N–H and O–H groups in total. The van der Waals surface area contributed by atoms with Crippen LogP contribution >= 0.6 is 0 Å². The molecule has 146 valence electrons. The van der Waals surface area contributed by atoms with Crippen molar-refractivity contribution < 1.29 is 14.3 Å². The summed E-state index contributed by atoms with van der Waals surface area (Å²) in [6.45, 7) is 4.52. The lowest BCUT2D eigenvalue weighted by Crippen LogP contribution is -2.56. The molecule has 0 aromatic heterocycles. The number of rotatable bonds is 5. The minimum absolute atomic E-state index is 0.0110. The maximum atomic E-state index is 12.9. The van der Waals surface area contributed by atoms with E-state index in [2.05, 4.69) is 10.9 Å². The SMILES string of the molecule is CC(C)OCc1ccc(C(=O)NNC(=O)C23CC4CC(CC(C4)C2)C3)cc1. The fourth-order valence-electron chi connectivity index (χ4n) is 5.72. The van der Waals surface area contributed by atoms with Crippen LogP contribution in [0.4, 0.5) is 0 Å². The maximum Gasteiger partial charge on any atom is 0.269 e. The fourth-order valence-corrected chi connectivity index (χ4v) is 5.72. The van der Waals surface area contributed by atoms with Crippen molar-refractivity contribution in [2.24, 2.45) is 23.2 Å². The minimum Gasteiger partial charge on any atom is -0.374 e. The van der Waals surface area contributed by atoms with Gasteiger partial charge in [0.05, 0.1) is 18.1 Å². The molecule has 4 saturated carbocycles. The molecule has 2 amide bonds. The second-order valence-corrected chi connectivity index (χ2v) is 9.16. The molecule has 1 aromatic carbocycles. The van der Waals surface area contributed by atoms with E-state index in [-0.39, 0.29) is 23.3 Å². The zero-order valence-electron chi connectivity index (χ0n) is 16.3.